The Labute approximate surface area is 113 Å². The van der Waals surface area contributed by atoms with Crippen LogP contribution in [0.4, 0.5) is 11.4 Å². The van der Waals surface area contributed by atoms with E-state index < -0.39 is 5.91 Å². The van der Waals surface area contributed by atoms with Crippen LogP contribution in [-0.4, -0.2) is 31.7 Å². The van der Waals surface area contributed by atoms with Crippen molar-refractivity contribution in [3.8, 4) is 0 Å². The minimum absolute atomic E-state index is 0.173. The van der Waals surface area contributed by atoms with E-state index in [-0.39, 0.29) is 5.60 Å². The van der Waals surface area contributed by atoms with Gasteiger partial charge in [0.15, 0.2) is 0 Å². The van der Waals surface area contributed by atoms with Gasteiger partial charge in [0, 0.05) is 25.8 Å². The Hall–Kier alpha value is -1.75. The number of hydrogen-bond acceptors (Lipinski definition) is 4. The quantitative estimate of drug-likeness (QED) is 0.807. The number of anilines is 2. The van der Waals surface area contributed by atoms with Crippen LogP contribution >= 0.6 is 0 Å². The van der Waals surface area contributed by atoms with E-state index >= 15 is 0 Å². The van der Waals surface area contributed by atoms with Crippen molar-refractivity contribution in [3.05, 3.63) is 23.8 Å². The molecule has 1 amide bonds. The van der Waals surface area contributed by atoms with E-state index in [0.717, 1.165) is 31.6 Å². The highest BCUT2D eigenvalue weighted by Gasteiger charge is 2.31. The van der Waals surface area contributed by atoms with Crippen molar-refractivity contribution in [3.63, 3.8) is 0 Å². The van der Waals surface area contributed by atoms with Crippen molar-refractivity contribution < 1.29 is 9.53 Å². The molecule has 1 unspecified atom stereocenters. The number of ether oxygens (including phenoxy) is 1. The lowest BCUT2D eigenvalue weighted by atomic mass is 9.94. The standard InChI is InChI=1S/C14H21N3O2/c1-14(19-2)6-3-7-17(9-14)12-8-10(13(16)18)4-5-11(12)15/h4-5,8H,3,6-7,9,15H2,1-2H3,(H2,16,18). The number of nitrogens with two attached hydrogens (primary N) is 2. The fourth-order valence-electron chi connectivity index (χ4n) is 2.55. The molecule has 1 fully saturated rings. The van der Waals surface area contributed by atoms with Gasteiger partial charge in [-0.25, -0.2) is 0 Å². The molecule has 1 saturated heterocycles. The summed E-state index contributed by atoms with van der Waals surface area (Å²) in [4.78, 5) is 13.4. The van der Waals surface area contributed by atoms with Crippen LogP contribution < -0.4 is 16.4 Å². The molecule has 0 aromatic heterocycles. The predicted octanol–water partition coefficient (Wildman–Crippen LogP) is 1.37. The van der Waals surface area contributed by atoms with Gasteiger partial charge in [0.2, 0.25) is 5.91 Å². The van der Waals surface area contributed by atoms with Gasteiger partial charge in [0.25, 0.3) is 0 Å². The van der Waals surface area contributed by atoms with Crippen molar-refractivity contribution in [2.24, 2.45) is 5.73 Å². The van der Waals surface area contributed by atoms with E-state index in [9.17, 15) is 4.79 Å². The summed E-state index contributed by atoms with van der Waals surface area (Å²) < 4.78 is 5.57. The molecule has 4 N–H and O–H groups in total. The number of amides is 1. The molecule has 19 heavy (non-hydrogen) atoms. The lowest BCUT2D eigenvalue weighted by molar-refractivity contribution is -0.00462. The van der Waals surface area contributed by atoms with Crippen molar-refractivity contribution >= 4 is 17.3 Å². The highest BCUT2D eigenvalue weighted by molar-refractivity contribution is 5.95. The maximum absolute atomic E-state index is 11.3. The van der Waals surface area contributed by atoms with Gasteiger partial charge in [-0.15, -0.1) is 0 Å². The van der Waals surface area contributed by atoms with Crippen LogP contribution in [0.3, 0.4) is 0 Å². The summed E-state index contributed by atoms with van der Waals surface area (Å²) in [5.74, 6) is -0.437. The van der Waals surface area contributed by atoms with Crippen LogP contribution in [0.15, 0.2) is 18.2 Å². The van der Waals surface area contributed by atoms with Gasteiger partial charge in [-0.3, -0.25) is 4.79 Å². The van der Waals surface area contributed by atoms with Gasteiger partial charge < -0.3 is 21.1 Å². The highest BCUT2D eigenvalue weighted by atomic mass is 16.5. The first kappa shape index (κ1) is 13.7. The molecule has 0 radical (unpaired) electrons. The Morgan fingerprint density at radius 2 is 2.21 bits per heavy atom. The van der Waals surface area contributed by atoms with Crippen LogP contribution in [0.2, 0.25) is 0 Å². The predicted molar refractivity (Wildman–Crippen MR) is 76.2 cm³/mol. The molecule has 1 aliphatic heterocycles. The second kappa shape index (κ2) is 5.09. The average molecular weight is 263 g/mol. The molecule has 5 nitrogen and oxygen atoms in total. The molecule has 0 saturated carbocycles. The average Bonchev–Trinajstić information content (AvgIpc) is 2.39. The molecule has 1 aromatic rings. The minimum Gasteiger partial charge on any atom is -0.397 e. The number of primary amides is 1. The van der Waals surface area contributed by atoms with Gasteiger partial charge in [-0.1, -0.05) is 0 Å². The molecule has 1 heterocycles. The van der Waals surface area contributed by atoms with Crippen LogP contribution in [0, 0.1) is 0 Å². The first-order valence-electron chi connectivity index (χ1n) is 6.45. The van der Waals surface area contributed by atoms with Crippen molar-refractivity contribution in [1.29, 1.82) is 0 Å². The van der Waals surface area contributed by atoms with Crippen LogP contribution in [-0.2, 0) is 4.74 Å². The Kier molecular flexibility index (Phi) is 3.66. The molecular weight excluding hydrogens is 242 g/mol. The van der Waals surface area contributed by atoms with Gasteiger partial charge in [-0.05, 0) is 38.0 Å². The number of carbonyl (C=O) groups excluding carboxylic acids is 1. The van der Waals surface area contributed by atoms with Crippen molar-refractivity contribution in [2.75, 3.05) is 30.8 Å². The number of benzene rings is 1. The fourth-order valence-corrected chi connectivity index (χ4v) is 2.55. The number of carbonyl (C=O) groups is 1. The number of piperidine rings is 1. The maximum atomic E-state index is 11.3. The lowest BCUT2D eigenvalue weighted by Crippen LogP contribution is -2.47. The van der Waals surface area contributed by atoms with Gasteiger partial charge in [0.05, 0.1) is 17.0 Å². The van der Waals surface area contributed by atoms with Crippen LogP contribution in [0.25, 0.3) is 0 Å². The number of methoxy groups -OCH3 is 1. The second-order valence-corrected chi connectivity index (χ2v) is 5.32. The molecule has 0 aliphatic carbocycles. The summed E-state index contributed by atoms with van der Waals surface area (Å²) in [6, 6.07) is 5.15. The SMILES string of the molecule is COC1(C)CCCN(c2cc(C(N)=O)ccc2N)C1. The molecule has 1 atom stereocenters. The summed E-state index contributed by atoms with van der Waals surface area (Å²) in [5, 5.41) is 0. The molecule has 0 bridgehead atoms. The third-order valence-corrected chi connectivity index (χ3v) is 3.81. The molecule has 0 spiro atoms. The van der Waals surface area contributed by atoms with Crippen molar-refractivity contribution in [2.45, 2.75) is 25.4 Å². The Morgan fingerprint density at radius 3 is 2.84 bits per heavy atom. The molecule has 1 aromatic carbocycles. The lowest BCUT2D eigenvalue weighted by Gasteiger charge is -2.41. The third kappa shape index (κ3) is 2.81. The molecule has 5 heteroatoms. The van der Waals surface area contributed by atoms with E-state index in [1.165, 1.54) is 0 Å². The zero-order valence-corrected chi connectivity index (χ0v) is 11.5. The third-order valence-electron chi connectivity index (χ3n) is 3.81. The van der Waals surface area contributed by atoms with Gasteiger partial charge >= 0.3 is 0 Å². The molecule has 104 valence electrons. The first-order chi connectivity index (χ1) is 8.95. The van der Waals surface area contributed by atoms with E-state index in [1.807, 2.05) is 0 Å². The monoisotopic (exact) mass is 263 g/mol. The van der Waals surface area contributed by atoms with E-state index in [4.69, 9.17) is 16.2 Å². The second-order valence-electron chi connectivity index (χ2n) is 5.32. The fraction of sp³-hybridized carbons (Fsp3) is 0.500. The molecule has 2 rings (SSSR count). The summed E-state index contributed by atoms with van der Waals surface area (Å²) >= 11 is 0. The van der Waals surface area contributed by atoms with E-state index in [2.05, 4.69) is 11.8 Å². The van der Waals surface area contributed by atoms with E-state index in [1.54, 1.807) is 25.3 Å². The van der Waals surface area contributed by atoms with E-state index in [0.29, 0.717) is 11.3 Å². The van der Waals surface area contributed by atoms with Crippen LogP contribution in [0.5, 0.6) is 0 Å². The maximum Gasteiger partial charge on any atom is 0.248 e. The summed E-state index contributed by atoms with van der Waals surface area (Å²) in [7, 11) is 1.73. The summed E-state index contributed by atoms with van der Waals surface area (Å²) in [6.07, 6.45) is 2.06. The smallest absolute Gasteiger partial charge is 0.248 e. The Bertz CT molecular complexity index is 490. The molecular formula is C14H21N3O2. The summed E-state index contributed by atoms with van der Waals surface area (Å²) in [5.41, 5.74) is 13.2. The van der Waals surface area contributed by atoms with Crippen molar-refractivity contribution in [1.82, 2.24) is 0 Å². The number of nitrogen functional groups attached to an aromatic ring is 1. The zero-order valence-electron chi connectivity index (χ0n) is 11.5. The summed E-state index contributed by atoms with van der Waals surface area (Å²) in [6.45, 7) is 3.76. The Morgan fingerprint density at radius 1 is 1.47 bits per heavy atom. The highest BCUT2D eigenvalue weighted by Crippen LogP contribution is 2.31. The zero-order chi connectivity index (χ0) is 14.0. The van der Waals surface area contributed by atoms with Gasteiger partial charge in [0.1, 0.15) is 0 Å². The topological polar surface area (TPSA) is 81.6 Å². The largest absolute Gasteiger partial charge is 0.397 e. The minimum atomic E-state index is -0.437. The van der Waals surface area contributed by atoms with Gasteiger partial charge in [-0.2, -0.15) is 0 Å². The number of nitrogens with zero attached hydrogens (tertiary/aromatic N) is 1. The number of rotatable bonds is 3. The first-order valence-corrected chi connectivity index (χ1v) is 6.45. The normalized spacial score (nSPS) is 23.4. The molecule has 1 aliphatic rings. The van der Waals surface area contributed by atoms with Crippen LogP contribution in [0.1, 0.15) is 30.1 Å². The Balaban J connectivity index is 2.30. The number of hydrogen-bond donors (Lipinski definition) is 2.